The third kappa shape index (κ3) is 2.92. The van der Waals surface area contributed by atoms with Gasteiger partial charge in [0.05, 0.1) is 21.3 Å². The van der Waals surface area contributed by atoms with Gasteiger partial charge in [0.15, 0.2) is 11.5 Å². The minimum atomic E-state index is -0.312. The van der Waals surface area contributed by atoms with Crippen molar-refractivity contribution in [2.45, 2.75) is 6.04 Å². The number of hydrogen-bond acceptors (Lipinski definition) is 6. The maximum Gasteiger partial charge on any atom is 0.226 e. The van der Waals surface area contributed by atoms with Gasteiger partial charge >= 0.3 is 0 Å². The minimum Gasteiger partial charge on any atom is -0.493 e. The summed E-state index contributed by atoms with van der Waals surface area (Å²) >= 11 is 0. The summed E-state index contributed by atoms with van der Waals surface area (Å²) in [5.41, 5.74) is 2.45. The first-order valence-electron chi connectivity index (χ1n) is 8.59. The fraction of sp³-hybridized carbons (Fsp3) is 0.200. The van der Waals surface area contributed by atoms with Gasteiger partial charge in [0.25, 0.3) is 0 Å². The van der Waals surface area contributed by atoms with Gasteiger partial charge in [-0.2, -0.15) is 10.1 Å². The van der Waals surface area contributed by atoms with Gasteiger partial charge < -0.3 is 19.5 Å². The predicted octanol–water partition coefficient (Wildman–Crippen LogP) is 3.50. The van der Waals surface area contributed by atoms with Gasteiger partial charge in [-0.05, 0) is 48.0 Å². The summed E-state index contributed by atoms with van der Waals surface area (Å²) in [4.78, 5) is 4.29. The summed E-state index contributed by atoms with van der Waals surface area (Å²) in [6.07, 6.45) is 3.46. The molecule has 2 heterocycles. The number of fused-ring (bicyclic) bond motifs is 1. The van der Waals surface area contributed by atoms with Crippen molar-refractivity contribution in [3.63, 3.8) is 0 Å². The van der Waals surface area contributed by atoms with Crippen molar-refractivity contribution >= 4 is 11.6 Å². The molecule has 1 aliphatic heterocycles. The molecule has 1 unspecified atom stereocenters. The van der Waals surface area contributed by atoms with E-state index in [9.17, 15) is 4.39 Å². The van der Waals surface area contributed by atoms with Crippen LogP contribution in [0.3, 0.4) is 0 Å². The van der Waals surface area contributed by atoms with Gasteiger partial charge in [0.2, 0.25) is 11.7 Å². The Kier molecular flexibility index (Phi) is 4.60. The molecule has 0 saturated carbocycles. The topological polar surface area (TPSA) is 70.4 Å². The lowest BCUT2D eigenvalue weighted by Gasteiger charge is -2.26. The quantitative estimate of drug-likeness (QED) is 0.728. The van der Waals surface area contributed by atoms with Crippen molar-refractivity contribution in [2.24, 2.45) is 0 Å². The molecule has 8 heteroatoms. The van der Waals surface area contributed by atoms with Gasteiger partial charge in [-0.3, -0.25) is 0 Å². The molecule has 1 atom stereocenters. The molecule has 0 radical (unpaired) electrons. The van der Waals surface area contributed by atoms with Crippen molar-refractivity contribution in [3.8, 4) is 17.2 Å². The Morgan fingerprint density at radius 3 is 2.39 bits per heavy atom. The molecule has 0 fully saturated rings. The number of aromatic nitrogens is 3. The highest BCUT2D eigenvalue weighted by Gasteiger charge is 2.28. The summed E-state index contributed by atoms with van der Waals surface area (Å²) in [7, 11) is 4.71. The minimum absolute atomic E-state index is 0.290. The highest BCUT2D eigenvalue weighted by atomic mass is 19.1. The molecule has 2 aromatic carbocycles. The number of nitrogens with zero attached hydrogens (tertiary/aromatic N) is 3. The van der Waals surface area contributed by atoms with Crippen molar-refractivity contribution in [2.75, 3.05) is 26.6 Å². The number of nitrogens with one attached hydrogen (secondary N) is 1. The van der Waals surface area contributed by atoms with Crippen LogP contribution < -0.4 is 19.5 Å². The van der Waals surface area contributed by atoms with E-state index in [-0.39, 0.29) is 11.9 Å². The number of ether oxygens (including phenoxy) is 3. The molecular formula is C20H19FN4O3. The van der Waals surface area contributed by atoms with E-state index in [2.05, 4.69) is 15.4 Å². The zero-order valence-corrected chi connectivity index (χ0v) is 15.6. The van der Waals surface area contributed by atoms with Crippen LogP contribution in [0, 0.1) is 5.82 Å². The van der Waals surface area contributed by atoms with Gasteiger partial charge in [-0.25, -0.2) is 9.07 Å². The van der Waals surface area contributed by atoms with Crippen molar-refractivity contribution in [1.29, 1.82) is 0 Å². The second-order valence-electron chi connectivity index (χ2n) is 6.11. The molecule has 0 spiro atoms. The maximum absolute atomic E-state index is 13.3. The highest BCUT2D eigenvalue weighted by Crippen LogP contribution is 2.45. The fourth-order valence-electron chi connectivity index (χ4n) is 3.31. The second-order valence-corrected chi connectivity index (χ2v) is 6.11. The SMILES string of the molecule is COc1ccc(C2C=C(c3ccc(F)cc3)Nc3ncnn32)c(OC)c1OC. The molecule has 0 saturated heterocycles. The first-order valence-corrected chi connectivity index (χ1v) is 8.59. The Balaban J connectivity index is 1.87. The van der Waals surface area contributed by atoms with E-state index in [1.165, 1.54) is 18.5 Å². The first-order chi connectivity index (χ1) is 13.7. The maximum atomic E-state index is 13.3. The summed E-state index contributed by atoms with van der Waals surface area (Å²) in [6, 6.07) is 9.67. The molecule has 4 rings (SSSR count). The molecule has 0 amide bonds. The van der Waals surface area contributed by atoms with Crippen molar-refractivity contribution < 1.29 is 18.6 Å². The molecule has 0 bridgehead atoms. The Labute approximate surface area is 161 Å². The van der Waals surface area contributed by atoms with E-state index >= 15 is 0 Å². The average Bonchev–Trinajstić information content (AvgIpc) is 3.21. The first kappa shape index (κ1) is 17.8. The average molecular weight is 382 g/mol. The largest absolute Gasteiger partial charge is 0.493 e. The number of benzene rings is 2. The van der Waals surface area contributed by atoms with E-state index in [1.54, 1.807) is 38.1 Å². The zero-order valence-electron chi connectivity index (χ0n) is 15.6. The molecular weight excluding hydrogens is 363 g/mol. The van der Waals surface area contributed by atoms with Gasteiger partial charge in [-0.1, -0.05) is 0 Å². The Morgan fingerprint density at radius 2 is 1.71 bits per heavy atom. The molecule has 1 aromatic heterocycles. The van der Waals surface area contributed by atoms with E-state index in [0.717, 1.165) is 16.8 Å². The molecule has 7 nitrogen and oxygen atoms in total. The molecule has 0 aliphatic carbocycles. The summed E-state index contributed by atoms with van der Waals surface area (Å²) in [6.45, 7) is 0. The van der Waals surface area contributed by atoms with Crippen LogP contribution in [0.15, 0.2) is 48.8 Å². The van der Waals surface area contributed by atoms with Gasteiger partial charge in [-0.15, -0.1) is 0 Å². The number of anilines is 1. The number of halogens is 1. The van der Waals surface area contributed by atoms with Gasteiger partial charge in [0.1, 0.15) is 18.2 Å². The van der Waals surface area contributed by atoms with Crippen LogP contribution in [0.2, 0.25) is 0 Å². The second kappa shape index (κ2) is 7.22. The number of rotatable bonds is 5. The number of allylic oxidation sites excluding steroid dienone is 1. The standard InChI is InChI=1S/C20H19FN4O3/c1-26-17-9-8-14(18(27-2)19(17)28-3)16-10-15(12-4-6-13(21)7-5-12)24-20-22-11-23-25(16)20/h4-11,16H,1-3H3,(H,22,23,24). The summed E-state index contributed by atoms with van der Waals surface area (Å²) in [5, 5.41) is 7.57. The smallest absolute Gasteiger partial charge is 0.226 e. The Morgan fingerprint density at radius 1 is 0.964 bits per heavy atom. The molecule has 3 aromatic rings. The summed E-state index contributed by atoms with van der Waals surface area (Å²) in [5.74, 6) is 1.90. The molecule has 1 N–H and O–H groups in total. The highest BCUT2D eigenvalue weighted by molar-refractivity contribution is 5.77. The lowest BCUT2D eigenvalue weighted by atomic mass is 10.00. The van der Waals surface area contributed by atoms with Crippen LogP contribution >= 0.6 is 0 Å². The van der Waals surface area contributed by atoms with Crippen LogP contribution in [0.1, 0.15) is 17.2 Å². The van der Waals surface area contributed by atoms with E-state index in [0.29, 0.717) is 23.2 Å². The van der Waals surface area contributed by atoms with Crippen molar-refractivity contribution in [3.05, 3.63) is 65.7 Å². The van der Waals surface area contributed by atoms with E-state index in [1.807, 2.05) is 18.2 Å². The zero-order chi connectivity index (χ0) is 19.7. The van der Waals surface area contributed by atoms with Crippen molar-refractivity contribution in [1.82, 2.24) is 14.8 Å². The van der Waals surface area contributed by atoms with Crippen LogP contribution in [-0.4, -0.2) is 36.1 Å². The van der Waals surface area contributed by atoms with Crippen LogP contribution in [0.5, 0.6) is 17.2 Å². The van der Waals surface area contributed by atoms with E-state index < -0.39 is 0 Å². The molecule has 28 heavy (non-hydrogen) atoms. The van der Waals surface area contributed by atoms with E-state index in [4.69, 9.17) is 14.2 Å². The molecule has 1 aliphatic rings. The fourth-order valence-corrected chi connectivity index (χ4v) is 3.31. The summed E-state index contributed by atoms with van der Waals surface area (Å²) < 4.78 is 31.6. The third-order valence-corrected chi connectivity index (χ3v) is 4.62. The number of hydrogen-bond donors (Lipinski definition) is 1. The Hall–Kier alpha value is -3.55. The number of methoxy groups -OCH3 is 3. The monoisotopic (exact) mass is 382 g/mol. The normalized spacial score (nSPS) is 15.3. The lowest BCUT2D eigenvalue weighted by Crippen LogP contribution is -2.21. The molecule has 144 valence electrons. The Bertz CT molecular complexity index is 1030. The van der Waals surface area contributed by atoms with Gasteiger partial charge in [0, 0.05) is 11.3 Å². The van der Waals surface area contributed by atoms with Crippen LogP contribution in [0.4, 0.5) is 10.3 Å². The predicted molar refractivity (Wildman–Crippen MR) is 102 cm³/mol. The third-order valence-electron chi connectivity index (χ3n) is 4.62. The lowest BCUT2D eigenvalue weighted by molar-refractivity contribution is 0.320. The van der Waals surface area contributed by atoms with Crippen LogP contribution in [0.25, 0.3) is 5.70 Å². The van der Waals surface area contributed by atoms with Crippen LogP contribution in [-0.2, 0) is 0 Å².